The molecule has 0 bridgehead atoms. The van der Waals surface area contributed by atoms with Crippen molar-refractivity contribution in [1.82, 2.24) is 4.98 Å². The molecule has 0 fully saturated rings. The molecule has 0 aliphatic carbocycles. The van der Waals surface area contributed by atoms with E-state index in [2.05, 4.69) is 47.4 Å². The molecule has 0 aliphatic rings. The van der Waals surface area contributed by atoms with Gasteiger partial charge in [-0.15, -0.1) is 11.3 Å². The van der Waals surface area contributed by atoms with Gasteiger partial charge in [0.25, 0.3) is 0 Å². The highest BCUT2D eigenvalue weighted by atomic mass is 32.1. The van der Waals surface area contributed by atoms with E-state index in [-0.39, 0.29) is 0 Å². The molecule has 3 aromatic carbocycles. The summed E-state index contributed by atoms with van der Waals surface area (Å²) in [5, 5.41) is 3.13. The molecule has 0 aliphatic heterocycles. The number of nitrogens with two attached hydrogens (primary N) is 1. The molecule has 2 aromatic heterocycles. The first-order chi connectivity index (χ1) is 15.2. The minimum atomic E-state index is -0.408. The Morgan fingerprint density at radius 3 is 2.48 bits per heavy atom. The second-order valence-electron chi connectivity index (χ2n) is 7.22. The molecule has 0 spiro atoms. The molecule has 5 aromatic rings. The van der Waals surface area contributed by atoms with E-state index in [9.17, 15) is 4.79 Å². The molecule has 0 radical (unpaired) electrons. The van der Waals surface area contributed by atoms with Crippen molar-refractivity contribution in [2.45, 2.75) is 6.92 Å². The molecule has 0 saturated heterocycles. The van der Waals surface area contributed by atoms with Crippen molar-refractivity contribution in [2.24, 2.45) is 0 Å². The largest absolute Gasteiger partial charge is 0.462 e. The average Bonchev–Trinajstić information content (AvgIpc) is 3.15. The van der Waals surface area contributed by atoms with Crippen LogP contribution < -0.4 is 5.73 Å². The maximum Gasteiger partial charge on any atom is 0.350 e. The molecule has 0 atom stereocenters. The first kappa shape index (κ1) is 19.3. The van der Waals surface area contributed by atoms with E-state index in [1.165, 1.54) is 16.7 Å². The van der Waals surface area contributed by atoms with Crippen molar-refractivity contribution in [3.63, 3.8) is 0 Å². The topological polar surface area (TPSA) is 65.2 Å². The van der Waals surface area contributed by atoms with E-state index in [4.69, 9.17) is 10.5 Å². The van der Waals surface area contributed by atoms with E-state index in [0.29, 0.717) is 17.2 Å². The van der Waals surface area contributed by atoms with Crippen molar-refractivity contribution in [3.05, 3.63) is 83.9 Å². The summed E-state index contributed by atoms with van der Waals surface area (Å²) in [5.74, 6) is -0.408. The van der Waals surface area contributed by atoms with E-state index < -0.39 is 5.97 Å². The van der Waals surface area contributed by atoms with Crippen LogP contribution in [0.3, 0.4) is 0 Å². The molecule has 5 rings (SSSR count). The Morgan fingerprint density at radius 2 is 1.71 bits per heavy atom. The maximum atomic E-state index is 12.5. The number of thiophene rings is 1. The zero-order valence-corrected chi connectivity index (χ0v) is 17.8. The van der Waals surface area contributed by atoms with Crippen molar-refractivity contribution in [3.8, 4) is 22.3 Å². The van der Waals surface area contributed by atoms with E-state index in [1.807, 2.05) is 36.5 Å². The third-order valence-corrected chi connectivity index (χ3v) is 6.43. The van der Waals surface area contributed by atoms with Crippen LogP contribution in [-0.2, 0) is 4.74 Å². The zero-order chi connectivity index (χ0) is 21.4. The first-order valence-electron chi connectivity index (χ1n) is 10.1. The molecule has 5 heteroatoms. The molecular formula is C26H20N2O2S. The molecule has 4 nitrogen and oxygen atoms in total. The second kappa shape index (κ2) is 7.85. The molecule has 31 heavy (non-hydrogen) atoms. The number of aromatic nitrogens is 1. The standard InChI is InChI=1S/C26H20N2O2S/c1-2-30-26(29)24-23(27)22-21(17-9-4-3-5-10-17)20(15-28-25(22)31-24)19-13-12-16-8-6-7-11-18(16)14-19/h3-15H,2,27H2,1H3. The van der Waals surface area contributed by atoms with Gasteiger partial charge in [0.2, 0.25) is 0 Å². The Balaban J connectivity index is 1.82. The number of esters is 1. The third-order valence-electron chi connectivity index (χ3n) is 5.34. The van der Waals surface area contributed by atoms with Gasteiger partial charge in [-0.2, -0.15) is 0 Å². The number of benzene rings is 3. The summed E-state index contributed by atoms with van der Waals surface area (Å²) >= 11 is 1.28. The lowest BCUT2D eigenvalue weighted by Crippen LogP contribution is -2.04. The molecule has 0 unspecified atom stereocenters. The van der Waals surface area contributed by atoms with Crippen LogP contribution in [0, 0.1) is 0 Å². The zero-order valence-electron chi connectivity index (χ0n) is 17.0. The summed E-state index contributed by atoms with van der Waals surface area (Å²) in [6, 6.07) is 24.8. The first-order valence-corrected chi connectivity index (χ1v) is 10.9. The van der Waals surface area contributed by atoms with Crippen LogP contribution in [0.15, 0.2) is 79.0 Å². The summed E-state index contributed by atoms with van der Waals surface area (Å²) in [6.45, 7) is 2.08. The van der Waals surface area contributed by atoms with Crippen molar-refractivity contribution in [1.29, 1.82) is 0 Å². The molecular weight excluding hydrogens is 404 g/mol. The van der Waals surface area contributed by atoms with Gasteiger partial charge in [-0.3, -0.25) is 0 Å². The fourth-order valence-electron chi connectivity index (χ4n) is 3.91. The van der Waals surface area contributed by atoms with E-state index in [0.717, 1.165) is 37.9 Å². The van der Waals surface area contributed by atoms with Gasteiger partial charge in [0.15, 0.2) is 0 Å². The predicted molar refractivity (Wildman–Crippen MR) is 128 cm³/mol. The second-order valence-corrected chi connectivity index (χ2v) is 8.22. The van der Waals surface area contributed by atoms with Gasteiger partial charge in [-0.1, -0.05) is 66.7 Å². The molecule has 2 N–H and O–H groups in total. The fourth-order valence-corrected chi connectivity index (χ4v) is 4.88. The SMILES string of the molecule is CCOC(=O)c1sc2ncc(-c3ccc4ccccc4c3)c(-c3ccccc3)c2c1N. The van der Waals surface area contributed by atoms with Gasteiger partial charge < -0.3 is 10.5 Å². The monoisotopic (exact) mass is 424 g/mol. The Morgan fingerprint density at radius 1 is 0.968 bits per heavy atom. The fraction of sp³-hybridized carbons (Fsp3) is 0.0769. The van der Waals surface area contributed by atoms with E-state index >= 15 is 0 Å². The van der Waals surface area contributed by atoms with Gasteiger partial charge >= 0.3 is 5.97 Å². The van der Waals surface area contributed by atoms with Crippen LogP contribution in [0.2, 0.25) is 0 Å². The van der Waals surface area contributed by atoms with Gasteiger partial charge in [0.05, 0.1) is 12.3 Å². The Labute approximate surface area is 183 Å². The van der Waals surface area contributed by atoms with Crippen LogP contribution in [-0.4, -0.2) is 17.6 Å². The molecule has 2 heterocycles. The van der Waals surface area contributed by atoms with Crippen LogP contribution in [0.1, 0.15) is 16.6 Å². The maximum absolute atomic E-state index is 12.5. The molecule has 0 saturated carbocycles. The van der Waals surface area contributed by atoms with Crippen LogP contribution in [0.5, 0.6) is 0 Å². The lowest BCUT2D eigenvalue weighted by atomic mass is 9.92. The molecule has 152 valence electrons. The lowest BCUT2D eigenvalue weighted by molar-refractivity contribution is 0.0533. The van der Waals surface area contributed by atoms with Crippen molar-refractivity contribution >= 4 is 44.0 Å². The minimum Gasteiger partial charge on any atom is -0.462 e. The van der Waals surface area contributed by atoms with Crippen molar-refractivity contribution < 1.29 is 9.53 Å². The summed E-state index contributed by atoms with van der Waals surface area (Å²) in [5.41, 5.74) is 11.0. The number of fused-ring (bicyclic) bond motifs is 2. The minimum absolute atomic E-state index is 0.299. The van der Waals surface area contributed by atoms with Gasteiger partial charge in [0.1, 0.15) is 9.71 Å². The van der Waals surface area contributed by atoms with Crippen LogP contribution >= 0.6 is 11.3 Å². The average molecular weight is 425 g/mol. The smallest absolute Gasteiger partial charge is 0.350 e. The number of hydrogen-bond donors (Lipinski definition) is 1. The van der Waals surface area contributed by atoms with E-state index in [1.54, 1.807) is 6.92 Å². The molecule has 0 amide bonds. The number of carbonyl (C=O) groups is 1. The van der Waals surface area contributed by atoms with Crippen molar-refractivity contribution in [2.75, 3.05) is 12.3 Å². The Bertz CT molecular complexity index is 1420. The normalized spacial score (nSPS) is 11.1. The summed E-state index contributed by atoms with van der Waals surface area (Å²) < 4.78 is 5.21. The number of pyridine rings is 1. The van der Waals surface area contributed by atoms with Crippen LogP contribution in [0.25, 0.3) is 43.2 Å². The number of rotatable bonds is 4. The number of ether oxygens (including phenoxy) is 1. The number of nitrogen functional groups attached to an aromatic ring is 1. The van der Waals surface area contributed by atoms with Gasteiger partial charge in [0, 0.05) is 22.7 Å². The lowest BCUT2D eigenvalue weighted by Gasteiger charge is -2.13. The third kappa shape index (κ3) is 3.33. The Kier molecular flexibility index (Phi) is 4.88. The van der Waals surface area contributed by atoms with Gasteiger partial charge in [-0.05, 0) is 34.9 Å². The summed E-state index contributed by atoms with van der Waals surface area (Å²) in [6.07, 6.45) is 1.87. The highest BCUT2D eigenvalue weighted by molar-refractivity contribution is 7.21. The summed E-state index contributed by atoms with van der Waals surface area (Å²) in [4.78, 5) is 18.3. The van der Waals surface area contributed by atoms with Crippen LogP contribution in [0.4, 0.5) is 5.69 Å². The number of anilines is 1. The Hall–Kier alpha value is -3.70. The highest BCUT2D eigenvalue weighted by Crippen LogP contribution is 2.44. The quantitative estimate of drug-likeness (QED) is 0.333. The highest BCUT2D eigenvalue weighted by Gasteiger charge is 2.23. The number of nitrogens with zero attached hydrogens (tertiary/aromatic N) is 1. The van der Waals surface area contributed by atoms with Gasteiger partial charge in [-0.25, -0.2) is 9.78 Å². The number of hydrogen-bond acceptors (Lipinski definition) is 5. The number of carbonyl (C=O) groups excluding carboxylic acids is 1. The predicted octanol–water partition coefficient (Wildman–Crippen LogP) is 6.54. The summed E-state index contributed by atoms with van der Waals surface area (Å²) in [7, 11) is 0.